The molecule has 0 radical (unpaired) electrons. The van der Waals surface area contributed by atoms with Crippen LogP contribution in [0.1, 0.15) is 61.6 Å². The van der Waals surface area contributed by atoms with Crippen molar-refractivity contribution in [3.63, 3.8) is 0 Å². The van der Waals surface area contributed by atoms with E-state index in [9.17, 15) is 14.4 Å². The Morgan fingerprint density at radius 1 is 1.00 bits per heavy atom. The van der Waals surface area contributed by atoms with Crippen LogP contribution < -0.4 is 16.0 Å². The lowest BCUT2D eigenvalue weighted by Gasteiger charge is -2.20. The first kappa shape index (κ1) is 21.4. The van der Waals surface area contributed by atoms with Crippen LogP contribution in [0, 0.1) is 0 Å². The summed E-state index contributed by atoms with van der Waals surface area (Å²) in [6, 6.07) is 12.4. The van der Waals surface area contributed by atoms with E-state index < -0.39 is 11.7 Å². The van der Waals surface area contributed by atoms with Crippen LogP contribution in [0.15, 0.2) is 42.5 Å². The van der Waals surface area contributed by atoms with Gasteiger partial charge in [-0.25, -0.2) is 4.79 Å². The second-order valence-electron chi connectivity index (χ2n) is 8.33. The van der Waals surface area contributed by atoms with Gasteiger partial charge in [-0.3, -0.25) is 14.9 Å². The van der Waals surface area contributed by atoms with Crippen LogP contribution in [0.4, 0.5) is 16.2 Å². The Balaban J connectivity index is 1.73. The van der Waals surface area contributed by atoms with E-state index in [0.717, 1.165) is 24.0 Å². The number of amides is 3. The number of ether oxygens (including phenoxy) is 1. The van der Waals surface area contributed by atoms with E-state index in [1.54, 1.807) is 51.1 Å². The molecule has 0 aromatic heterocycles. The molecule has 0 saturated heterocycles. The molecule has 1 atom stereocenters. The van der Waals surface area contributed by atoms with Gasteiger partial charge in [0.15, 0.2) is 0 Å². The molecule has 2 aromatic rings. The van der Waals surface area contributed by atoms with E-state index in [1.807, 2.05) is 12.1 Å². The molecule has 3 rings (SSSR count). The highest BCUT2D eigenvalue weighted by Crippen LogP contribution is 2.32. The van der Waals surface area contributed by atoms with Crippen molar-refractivity contribution in [2.24, 2.45) is 0 Å². The fourth-order valence-electron chi connectivity index (χ4n) is 3.46. The lowest BCUT2D eigenvalue weighted by Crippen LogP contribution is -2.27. The summed E-state index contributed by atoms with van der Waals surface area (Å²) in [5.74, 6) is -0.344. The molecule has 2 aromatic carbocycles. The number of benzene rings is 2. The minimum absolute atomic E-state index is 0.00614. The van der Waals surface area contributed by atoms with Crippen molar-refractivity contribution in [2.45, 2.75) is 52.2 Å². The second-order valence-corrected chi connectivity index (χ2v) is 8.33. The number of aryl methyl sites for hydroxylation is 1. The van der Waals surface area contributed by atoms with Crippen molar-refractivity contribution < 1.29 is 19.1 Å². The lowest BCUT2D eigenvalue weighted by molar-refractivity contribution is -0.119. The Hall–Kier alpha value is -3.35. The predicted octanol–water partition coefficient (Wildman–Crippen LogP) is 4.41. The molecule has 3 N–H and O–H groups in total. The minimum atomic E-state index is -0.623. The van der Waals surface area contributed by atoms with Gasteiger partial charge in [-0.15, -0.1) is 0 Å². The molecule has 0 spiro atoms. The van der Waals surface area contributed by atoms with Crippen LogP contribution in [0.5, 0.6) is 0 Å². The van der Waals surface area contributed by atoms with Crippen molar-refractivity contribution in [3.05, 3.63) is 59.2 Å². The SMILES string of the molecule is CC(=O)NC1CCc2cc(C(=O)Nc3ccccc3NC(=O)OC(C)(C)C)ccc21. The van der Waals surface area contributed by atoms with Gasteiger partial charge in [-0.2, -0.15) is 0 Å². The molecule has 1 unspecified atom stereocenters. The number of carbonyl (C=O) groups excluding carboxylic acids is 3. The molecule has 30 heavy (non-hydrogen) atoms. The molecule has 0 aliphatic heterocycles. The normalized spacial score (nSPS) is 15.1. The maximum Gasteiger partial charge on any atom is 0.412 e. The summed E-state index contributed by atoms with van der Waals surface area (Å²) in [5.41, 5.74) is 2.93. The zero-order valence-corrected chi connectivity index (χ0v) is 17.7. The Morgan fingerprint density at radius 3 is 2.30 bits per heavy atom. The quantitative estimate of drug-likeness (QED) is 0.697. The highest BCUT2D eigenvalue weighted by atomic mass is 16.6. The highest BCUT2D eigenvalue weighted by Gasteiger charge is 2.24. The van der Waals surface area contributed by atoms with Crippen LogP contribution in [0.2, 0.25) is 0 Å². The molecule has 158 valence electrons. The number of anilines is 2. The molecule has 0 fully saturated rings. The summed E-state index contributed by atoms with van der Waals surface area (Å²) in [6.07, 6.45) is 1.03. The van der Waals surface area contributed by atoms with Crippen LogP contribution in [0.25, 0.3) is 0 Å². The van der Waals surface area contributed by atoms with Gasteiger partial charge in [0.05, 0.1) is 17.4 Å². The van der Waals surface area contributed by atoms with Crippen molar-refractivity contribution in [1.29, 1.82) is 0 Å². The standard InChI is InChI=1S/C23H27N3O4/c1-14(27)24-18-12-10-15-13-16(9-11-17(15)18)21(28)25-19-7-5-6-8-20(19)26-22(29)30-23(2,3)4/h5-9,11,13,18H,10,12H2,1-4H3,(H,24,27)(H,25,28)(H,26,29). The monoisotopic (exact) mass is 409 g/mol. The number of hydrogen-bond acceptors (Lipinski definition) is 4. The summed E-state index contributed by atoms with van der Waals surface area (Å²) in [6.45, 7) is 6.85. The van der Waals surface area contributed by atoms with Crippen molar-refractivity contribution >= 4 is 29.3 Å². The summed E-state index contributed by atoms with van der Waals surface area (Å²) in [7, 11) is 0. The minimum Gasteiger partial charge on any atom is -0.444 e. The number of carbonyl (C=O) groups is 3. The first-order valence-corrected chi connectivity index (χ1v) is 9.93. The Labute approximate surface area is 176 Å². The van der Waals surface area contributed by atoms with Gasteiger partial charge < -0.3 is 15.4 Å². The van der Waals surface area contributed by atoms with E-state index in [-0.39, 0.29) is 17.9 Å². The second kappa shape index (κ2) is 8.57. The van der Waals surface area contributed by atoms with Gasteiger partial charge in [0.25, 0.3) is 5.91 Å². The molecular formula is C23H27N3O4. The first-order valence-electron chi connectivity index (χ1n) is 9.93. The van der Waals surface area contributed by atoms with Gasteiger partial charge in [-0.05, 0) is 69.0 Å². The Kier molecular flexibility index (Phi) is 6.10. The predicted molar refractivity (Wildman–Crippen MR) is 116 cm³/mol. The smallest absolute Gasteiger partial charge is 0.412 e. The van der Waals surface area contributed by atoms with Crippen molar-refractivity contribution in [3.8, 4) is 0 Å². The molecular weight excluding hydrogens is 382 g/mol. The van der Waals surface area contributed by atoms with Gasteiger partial charge in [0.2, 0.25) is 5.91 Å². The summed E-state index contributed by atoms with van der Waals surface area (Å²) in [5, 5.41) is 8.46. The lowest BCUT2D eigenvalue weighted by atomic mass is 10.0. The zero-order chi connectivity index (χ0) is 21.9. The molecule has 0 saturated carbocycles. The number of para-hydroxylation sites is 2. The average molecular weight is 409 g/mol. The van der Waals surface area contributed by atoms with E-state index >= 15 is 0 Å². The molecule has 1 aliphatic rings. The molecule has 3 amide bonds. The maximum atomic E-state index is 12.8. The van der Waals surface area contributed by atoms with E-state index in [4.69, 9.17) is 4.74 Å². The van der Waals surface area contributed by atoms with Gasteiger partial charge >= 0.3 is 6.09 Å². The molecule has 7 nitrogen and oxygen atoms in total. The highest BCUT2D eigenvalue weighted by molar-refractivity contribution is 6.07. The van der Waals surface area contributed by atoms with E-state index in [1.165, 1.54) is 6.92 Å². The average Bonchev–Trinajstić information content (AvgIpc) is 3.03. The van der Waals surface area contributed by atoms with Crippen molar-refractivity contribution in [2.75, 3.05) is 10.6 Å². The summed E-state index contributed by atoms with van der Waals surface area (Å²) in [4.78, 5) is 36.3. The molecule has 1 aliphatic carbocycles. The number of fused-ring (bicyclic) bond motifs is 1. The molecule has 7 heteroatoms. The fourth-order valence-corrected chi connectivity index (χ4v) is 3.46. The third-order valence-corrected chi connectivity index (χ3v) is 4.67. The fraction of sp³-hybridized carbons (Fsp3) is 0.348. The van der Waals surface area contributed by atoms with E-state index in [2.05, 4.69) is 16.0 Å². The third kappa shape index (κ3) is 5.37. The van der Waals surface area contributed by atoms with Crippen molar-refractivity contribution in [1.82, 2.24) is 5.32 Å². The van der Waals surface area contributed by atoms with Gasteiger partial charge in [0.1, 0.15) is 5.60 Å². The maximum absolute atomic E-state index is 12.8. The van der Waals surface area contributed by atoms with Crippen LogP contribution >= 0.6 is 0 Å². The number of rotatable bonds is 4. The van der Waals surface area contributed by atoms with Gasteiger partial charge in [-0.1, -0.05) is 18.2 Å². The Bertz CT molecular complexity index is 979. The largest absolute Gasteiger partial charge is 0.444 e. The first-order chi connectivity index (χ1) is 14.1. The molecule has 0 bridgehead atoms. The zero-order valence-electron chi connectivity index (χ0n) is 17.7. The topological polar surface area (TPSA) is 96.5 Å². The van der Waals surface area contributed by atoms with Gasteiger partial charge in [0, 0.05) is 12.5 Å². The number of nitrogens with one attached hydrogen (secondary N) is 3. The van der Waals surface area contributed by atoms with Crippen LogP contribution in [-0.2, 0) is 16.0 Å². The van der Waals surface area contributed by atoms with E-state index in [0.29, 0.717) is 16.9 Å². The summed E-state index contributed by atoms with van der Waals surface area (Å²) < 4.78 is 5.28. The summed E-state index contributed by atoms with van der Waals surface area (Å²) >= 11 is 0. The molecule has 0 heterocycles. The number of hydrogen-bond donors (Lipinski definition) is 3. The van der Waals surface area contributed by atoms with Crippen LogP contribution in [-0.4, -0.2) is 23.5 Å². The Morgan fingerprint density at radius 2 is 1.67 bits per heavy atom. The third-order valence-electron chi connectivity index (χ3n) is 4.67. The van der Waals surface area contributed by atoms with Crippen LogP contribution in [0.3, 0.4) is 0 Å².